The molecule has 0 spiro atoms. The Balaban J connectivity index is 1.94. The maximum atomic E-state index is 10.8. The molecule has 0 aliphatic rings. The molecule has 2 heterocycles. The molecule has 2 aromatic heterocycles. The van der Waals surface area contributed by atoms with E-state index in [-0.39, 0.29) is 0 Å². The van der Waals surface area contributed by atoms with Gasteiger partial charge in [0.05, 0.1) is 5.69 Å². The Labute approximate surface area is 143 Å². The van der Waals surface area contributed by atoms with Crippen LogP contribution in [0.4, 0.5) is 0 Å². The smallest absolute Gasteiger partial charge is 0.328 e. The maximum absolute atomic E-state index is 10.8. The molecule has 0 radical (unpaired) electrons. The fourth-order valence-corrected chi connectivity index (χ4v) is 2.71. The highest BCUT2D eigenvalue weighted by atomic mass is 16.4. The second-order valence-corrected chi connectivity index (χ2v) is 5.50. The molecule has 25 heavy (non-hydrogen) atoms. The van der Waals surface area contributed by atoms with Gasteiger partial charge in [0, 0.05) is 17.7 Å². The molecule has 1 N–H and O–H groups in total. The van der Waals surface area contributed by atoms with Gasteiger partial charge in [0.2, 0.25) is 0 Å². The summed E-state index contributed by atoms with van der Waals surface area (Å²) in [5.74, 6) is -0.551. The maximum Gasteiger partial charge on any atom is 0.328 e. The molecule has 0 bridgehead atoms. The van der Waals surface area contributed by atoms with Crippen LogP contribution in [0.3, 0.4) is 0 Å². The molecule has 0 aliphatic heterocycles. The minimum atomic E-state index is -1.02. The van der Waals surface area contributed by atoms with Crippen molar-refractivity contribution in [2.24, 2.45) is 0 Å². The zero-order chi connectivity index (χ0) is 17.2. The fourth-order valence-electron chi connectivity index (χ4n) is 2.71. The molecule has 5 nitrogen and oxygen atoms in total. The summed E-state index contributed by atoms with van der Waals surface area (Å²) in [5, 5.41) is 13.5. The Hall–Kier alpha value is -3.60. The summed E-state index contributed by atoms with van der Waals surface area (Å²) in [7, 11) is 0. The van der Waals surface area contributed by atoms with E-state index in [1.165, 1.54) is 6.08 Å². The predicted octanol–water partition coefficient (Wildman–Crippen LogP) is 4.38. The first kappa shape index (κ1) is 15.0. The van der Waals surface area contributed by atoms with Gasteiger partial charge in [-0.3, -0.25) is 0 Å². The van der Waals surface area contributed by atoms with Gasteiger partial charge < -0.3 is 9.52 Å². The number of hydrogen-bond donors (Lipinski definition) is 1. The number of aliphatic carboxylic acids is 1. The van der Waals surface area contributed by atoms with E-state index >= 15 is 0 Å². The first-order chi connectivity index (χ1) is 12.2. The lowest BCUT2D eigenvalue weighted by Crippen LogP contribution is -1.95. The van der Waals surface area contributed by atoms with E-state index in [4.69, 9.17) is 14.6 Å². The van der Waals surface area contributed by atoms with Gasteiger partial charge in [-0.2, -0.15) is 5.10 Å². The summed E-state index contributed by atoms with van der Waals surface area (Å²) in [6.07, 6.45) is 2.49. The number of carboxylic acid groups (broad SMARTS) is 1. The quantitative estimate of drug-likeness (QED) is 0.564. The van der Waals surface area contributed by atoms with Gasteiger partial charge in [0.25, 0.3) is 0 Å². The van der Waals surface area contributed by atoms with Crippen LogP contribution in [0.25, 0.3) is 34.1 Å². The number of carboxylic acids is 1. The molecule has 4 rings (SSSR count). The zero-order valence-electron chi connectivity index (χ0n) is 13.2. The second-order valence-electron chi connectivity index (χ2n) is 5.50. The van der Waals surface area contributed by atoms with Crippen molar-refractivity contribution < 1.29 is 14.3 Å². The Bertz CT molecular complexity index is 988. The SMILES string of the molecule is O=C(O)C=Cc1cc2c(o1)c(-c1ccccc1)nn2-c1ccccc1. The van der Waals surface area contributed by atoms with Crippen LogP contribution in [0.15, 0.2) is 77.2 Å². The number of para-hydroxylation sites is 1. The molecular formula is C20H14N2O3. The van der Waals surface area contributed by atoms with Crippen molar-refractivity contribution in [1.29, 1.82) is 0 Å². The molecule has 0 unspecified atom stereocenters. The molecule has 122 valence electrons. The van der Waals surface area contributed by atoms with Gasteiger partial charge in [0.15, 0.2) is 5.58 Å². The average Bonchev–Trinajstić information content (AvgIpc) is 3.20. The Morgan fingerprint density at radius 3 is 2.40 bits per heavy atom. The van der Waals surface area contributed by atoms with Gasteiger partial charge >= 0.3 is 5.97 Å². The van der Waals surface area contributed by atoms with Gasteiger partial charge in [-0.15, -0.1) is 0 Å². The van der Waals surface area contributed by atoms with E-state index in [1.807, 2.05) is 60.7 Å². The molecule has 0 aliphatic carbocycles. The Morgan fingerprint density at radius 2 is 1.72 bits per heavy atom. The van der Waals surface area contributed by atoms with Gasteiger partial charge in [-0.1, -0.05) is 48.5 Å². The number of nitrogens with zero attached hydrogens (tertiary/aromatic N) is 2. The third kappa shape index (κ3) is 2.83. The molecular weight excluding hydrogens is 316 g/mol. The molecule has 0 saturated heterocycles. The van der Waals surface area contributed by atoms with Crippen molar-refractivity contribution in [1.82, 2.24) is 9.78 Å². The van der Waals surface area contributed by atoms with Gasteiger partial charge in [-0.25, -0.2) is 9.48 Å². The van der Waals surface area contributed by atoms with Crippen LogP contribution in [0.2, 0.25) is 0 Å². The number of hydrogen-bond acceptors (Lipinski definition) is 3. The standard InChI is InChI=1S/C20H14N2O3/c23-18(24)12-11-16-13-17-20(25-16)19(14-7-3-1-4-8-14)21-22(17)15-9-5-2-6-10-15/h1-13H,(H,23,24). The molecule has 2 aromatic carbocycles. The van der Waals surface area contributed by atoms with Crippen molar-refractivity contribution >= 4 is 23.1 Å². The summed E-state index contributed by atoms with van der Waals surface area (Å²) in [6.45, 7) is 0. The fraction of sp³-hybridized carbons (Fsp3) is 0. The van der Waals surface area contributed by atoms with Crippen LogP contribution in [0, 0.1) is 0 Å². The third-order valence-electron chi connectivity index (χ3n) is 3.81. The largest absolute Gasteiger partial charge is 0.478 e. The molecule has 0 amide bonds. The van der Waals surface area contributed by atoms with E-state index in [9.17, 15) is 4.79 Å². The normalized spacial score (nSPS) is 11.4. The highest BCUT2D eigenvalue weighted by Gasteiger charge is 2.18. The van der Waals surface area contributed by atoms with Crippen LogP contribution in [0.5, 0.6) is 0 Å². The number of benzene rings is 2. The highest BCUT2D eigenvalue weighted by molar-refractivity contribution is 5.92. The van der Waals surface area contributed by atoms with E-state index < -0.39 is 5.97 Å². The molecule has 0 atom stereocenters. The summed E-state index contributed by atoms with van der Waals surface area (Å²) in [6, 6.07) is 21.3. The van der Waals surface area contributed by atoms with E-state index in [0.717, 1.165) is 28.5 Å². The van der Waals surface area contributed by atoms with Crippen LogP contribution >= 0.6 is 0 Å². The van der Waals surface area contributed by atoms with Crippen molar-refractivity contribution in [3.8, 4) is 16.9 Å². The summed E-state index contributed by atoms with van der Waals surface area (Å²) < 4.78 is 7.68. The minimum Gasteiger partial charge on any atom is -0.478 e. The zero-order valence-corrected chi connectivity index (χ0v) is 13.2. The topological polar surface area (TPSA) is 68.3 Å². The number of carbonyl (C=O) groups is 1. The molecule has 0 saturated carbocycles. The van der Waals surface area contributed by atoms with Crippen molar-refractivity contribution in [3.05, 3.63) is 78.6 Å². The Morgan fingerprint density at radius 1 is 1.04 bits per heavy atom. The number of aromatic nitrogens is 2. The van der Waals surface area contributed by atoms with Crippen LogP contribution in [0.1, 0.15) is 5.76 Å². The summed E-state index contributed by atoms with van der Waals surface area (Å²) >= 11 is 0. The molecule has 4 aromatic rings. The monoisotopic (exact) mass is 330 g/mol. The van der Waals surface area contributed by atoms with E-state index in [1.54, 1.807) is 10.7 Å². The molecule has 0 fully saturated rings. The lowest BCUT2D eigenvalue weighted by Gasteiger charge is -2.01. The number of rotatable bonds is 4. The minimum absolute atomic E-state index is 0.469. The second kappa shape index (κ2) is 6.13. The predicted molar refractivity (Wildman–Crippen MR) is 95.4 cm³/mol. The van der Waals surface area contributed by atoms with Crippen LogP contribution in [-0.4, -0.2) is 20.9 Å². The van der Waals surface area contributed by atoms with Crippen LogP contribution in [-0.2, 0) is 4.79 Å². The molecule has 5 heteroatoms. The Kier molecular flexibility index (Phi) is 3.67. The lowest BCUT2D eigenvalue weighted by molar-refractivity contribution is -0.131. The number of furan rings is 1. The number of fused-ring (bicyclic) bond motifs is 1. The van der Waals surface area contributed by atoms with E-state index in [2.05, 4.69) is 0 Å². The lowest BCUT2D eigenvalue weighted by atomic mass is 10.1. The third-order valence-corrected chi connectivity index (χ3v) is 3.81. The van der Waals surface area contributed by atoms with Crippen molar-refractivity contribution in [2.75, 3.05) is 0 Å². The van der Waals surface area contributed by atoms with Crippen molar-refractivity contribution in [2.45, 2.75) is 0 Å². The first-order valence-electron chi connectivity index (χ1n) is 7.77. The highest BCUT2D eigenvalue weighted by Crippen LogP contribution is 2.32. The van der Waals surface area contributed by atoms with E-state index in [0.29, 0.717) is 11.3 Å². The van der Waals surface area contributed by atoms with Gasteiger partial charge in [-0.05, 0) is 18.2 Å². The average molecular weight is 330 g/mol. The summed E-state index contributed by atoms with van der Waals surface area (Å²) in [5.41, 5.74) is 3.97. The summed E-state index contributed by atoms with van der Waals surface area (Å²) in [4.78, 5) is 10.8. The van der Waals surface area contributed by atoms with Crippen LogP contribution < -0.4 is 0 Å². The van der Waals surface area contributed by atoms with Gasteiger partial charge in [0.1, 0.15) is 17.0 Å². The first-order valence-corrected chi connectivity index (χ1v) is 7.77. The van der Waals surface area contributed by atoms with Crippen molar-refractivity contribution in [3.63, 3.8) is 0 Å².